The van der Waals surface area contributed by atoms with Gasteiger partial charge in [-0.2, -0.15) is 0 Å². The van der Waals surface area contributed by atoms with Gasteiger partial charge in [-0.25, -0.2) is 0 Å². The highest BCUT2D eigenvalue weighted by atomic mass is 16.3. The number of furan rings is 1. The quantitative estimate of drug-likeness (QED) is 0.169. The monoisotopic (exact) mass is 729 g/mol. The molecule has 0 fully saturated rings. The maximum absolute atomic E-state index is 6.44. The molecule has 0 N–H and O–H groups in total. The number of hydrogen-bond donors (Lipinski definition) is 0. The molecule has 10 aromatic rings. The molecular formula is C55H39NO. The Morgan fingerprint density at radius 1 is 0.368 bits per heavy atom. The highest BCUT2D eigenvalue weighted by Crippen LogP contribution is 2.54. The van der Waals surface area contributed by atoms with E-state index in [1.54, 1.807) is 0 Å². The minimum Gasteiger partial charge on any atom is -0.455 e. The van der Waals surface area contributed by atoms with E-state index in [0.717, 1.165) is 50.1 Å². The van der Waals surface area contributed by atoms with Crippen molar-refractivity contribution in [1.29, 1.82) is 0 Å². The Morgan fingerprint density at radius 2 is 0.912 bits per heavy atom. The van der Waals surface area contributed by atoms with E-state index < -0.39 is 0 Å². The van der Waals surface area contributed by atoms with Gasteiger partial charge < -0.3 is 9.32 Å². The first-order valence-electron chi connectivity index (χ1n) is 19.8. The first kappa shape index (κ1) is 33.2. The number of anilines is 3. The third-order valence-electron chi connectivity index (χ3n) is 12.1. The number of rotatable bonds is 6. The number of nitrogens with zero attached hydrogens (tertiary/aromatic N) is 1. The first-order chi connectivity index (χ1) is 28.0. The van der Waals surface area contributed by atoms with Gasteiger partial charge in [0, 0.05) is 38.8 Å². The molecule has 0 radical (unpaired) electrons. The van der Waals surface area contributed by atoms with Crippen LogP contribution in [0.5, 0.6) is 0 Å². The van der Waals surface area contributed by atoms with Crippen LogP contribution in [0.4, 0.5) is 17.1 Å². The molecule has 270 valence electrons. The van der Waals surface area contributed by atoms with Crippen LogP contribution >= 0.6 is 0 Å². The summed E-state index contributed by atoms with van der Waals surface area (Å²) in [6, 6.07) is 72.5. The molecule has 2 heteroatoms. The summed E-state index contributed by atoms with van der Waals surface area (Å²) in [6.07, 6.45) is 0. The predicted octanol–water partition coefficient (Wildman–Crippen LogP) is 15.5. The average Bonchev–Trinajstić information content (AvgIpc) is 3.76. The summed E-state index contributed by atoms with van der Waals surface area (Å²) in [4.78, 5) is 2.40. The lowest BCUT2D eigenvalue weighted by atomic mass is 9.79. The van der Waals surface area contributed by atoms with Gasteiger partial charge >= 0.3 is 0 Å². The Balaban J connectivity index is 1.05. The van der Waals surface area contributed by atoms with Crippen LogP contribution in [-0.4, -0.2) is 0 Å². The minimum absolute atomic E-state index is 0.215. The van der Waals surface area contributed by atoms with Crippen LogP contribution in [-0.2, 0) is 5.41 Å². The van der Waals surface area contributed by atoms with E-state index in [9.17, 15) is 0 Å². The van der Waals surface area contributed by atoms with Crippen molar-refractivity contribution in [2.75, 3.05) is 4.90 Å². The lowest BCUT2D eigenvalue weighted by molar-refractivity contribution is 0.666. The third kappa shape index (κ3) is 5.33. The Kier molecular flexibility index (Phi) is 7.55. The molecule has 0 bridgehead atoms. The summed E-state index contributed by atoms with van der Waals surface area (Å²) in [6.45, 7) is 4.78. The average molecular weight is 730 g/mol. The molecule has 1 aromatic heterocycles. The van der Waals surface area contributed by atoms with Crippen LogP contribution < -0.4 is 4.90 Å². The van der Waals surface area contributed by atoms with E-state index in [2.05, 4.69) is 207 Å². The Hall–Kier alpha value is -7.16. The first-order valence-corrected chi connectivity index (χ1v) is 19.8. The number of benzene rings is 9. The molecule has 1 heterocycles. The molecule has 1 aliphatic carbocycles. The smallest absolute Gasteiger partial charge is 0.143 e. The second kappa shape index (κ2) is 13.0. The molecular weight excluding hydrogens is 691 g/mol. The standard InChI is InChI=1S/C55H39NO/c1-55(2)51-34-42(32-33-45(51)50-35-49(38-16-7-4-8-17-38)44-18-9-10-20-47(44)53(50)55)56(40-28-24-37(25-29-40)36-14-5-3-6-15-36)41-30-26-39(27-31-41)43-21-13-22-48-46-19-11-12-23-52(46)57-54(43)48/h3-35H,1-2H3. The van der Waals surface area contributed by atoms with Gasteiger partial charge in [-0.05, 0) is 109 Å². The summed E-state index contributed by atoms with van der Waals surface area (Å²) in [5.74, 6) is 0. The zero-order chi connectivity index (χ0) is 38.1. The molecule has 0 amide bonds. The van der Waals surface area contributed by atoms with Crippen molar-refractivity contribution >= 4 is 49.8 Å². The largest absolute Gasteiger partial charge is 0.455 e. The SMILES string of the molecule is CC1(C)c2cc(N(c3ccc(-c4ccccc4)cc3)c3ccc(-c4cccc5c4oc4ccccc45)cc3)ccc2-c2cc(-c3ccccc3)c3ccccc3c21. The molecule has 57 heavy (non-hydrogen) atoms. The minimum atomic E-state index is -0.215. The van der Waals surface area contributed by atoms with Crippen molar-refractivity contribution in [2.24, 2.45) is 0 Å². The number of hydrogen-bond acceptors (Lipinski definition) is 2. The van der Waals surface area contributed by atoms with E-state index in [1.165, 1.54) is 55.3 Å². The van der Waals surface area contributed by atoms with Crippen LogP contribution in [0.25, 0.3) is 77.2 Å². The van der Waals surface area contributed by atoms with Crippen LogP contribution in [0.15, 0.2) is 205 Å². The third-order valence-corrected chi connectivity index (χ3v) is 12.1. The van der Waals surface area contributed by atoms with Gasteiger partial charge in [0.05, 0.1) is 0 Å². The molecule has 1 aliphatic rings. The van der Waals surface area contributed by atoms with Crippen molar-refractivity contribution in [1.82, 2.24) is 0 Å². The lowest BCUT2D eigenvalue weighted by Crippen LogP contribution is -2.17. The Morgan fingerprint density at radius 3 is 1.63 bits per heavy atom. The van der Waals surface area contributed by atoms with Crippen LogP contribution in [0.2, 0.25) is 0 Å². The molecule has 0 aliphatic heterocycles. The molecule has 0 spiro atoms. The highest BCUT2D eigenvalue weighted by molar-refractivity contribution is 6.10. The van der Waals surface area contributed by atoms with E-state index in [0.29, 0.717) is 0 Å². The van der Waals surface area contributed by atoms with Gasteiger partial charge in [-0.1, -0.05) is 166 Å². The van der Waals surface area contributed by atoms with Gasteiger partial charge in [0.2, 0.25) is 0 Å². The van der Waals surface area contributed by atoms with Gasteiger partial charge in [0.15, 0.2) is 0 Å². The Bertz CT molecular complexity index is 3120. The van der Waals surface area contributed by atoms with Crippen LogP contribution in [0.1, 0.15) is 25.0 Å². The van der Waals surface area contributed by atoms with Crippen molar-refractivity contribution in [3.05, 3.63) is 211 Å². The zero-order valence-corrected chi connectivity index (χ0v) is 31.9. The second-order valence-electron chi connectivity index (χ2n) is 15.7. The number of para-hydroxylation sites is 2. The molecule has 0 saturated heterocycles. The summed E-state index contributed by atoms with van der Waals surface area (Å²) < 4.78 is 6.44. The van der Waals surface area contributed by atoms with E-state index in [-0.39, 0.29) is 5.41 Å². The zero-order valence-electron chi connectivity index (χ0n) is 31.9. The molecule has 9 aromatic carbocycles. The lowest BCUT2D eigenvalue weighted by Gasteiger charge is -2.28. The van der Waals surface area contributed by atoms with Crippen LogP contribution in [0.3, 0.4) is 0 Å². The van der Waals surface area contributed by atoms with E-state index >= 15 is 0 Å². The fourth-order valence-corrected chi connectivity index (χ4v) is 9.32. The number of fused-ring (bicyclic) bond motifs is 8. The fourth-order valence-electron chi connectivity index (χ4n) is 9.32. The van der Waals surface area contributed by atoms with Gasteiger partial charge in [-0.3, -0.25) is 0 Å². The molecule has 0 saturated carbocycles. The van der Waals surface area contributed by atoms with Gasteiger partial charge in [0.1, 0.15) is 11.2 Å². The fraction of sp³-hybridized carbons (Fsp3) is 0.0545. The van der Waals surface area contributed by atoms with Crippen molar-refractivity contribution in [2.45, 2.75) is 19.3 Å². The highest BCUT2D eigenvalue weighted by Gasteiger charge is 2.38. The molecule has 2 nitrogen and oxygen atoms in total. The summed E-state index contributed by atoms with van der Waals surface area (Å²) >= 11 is 0. The maximum Gasteiger partial charge on any atom is 0.143 e. The normalized spacial score (nSPS) is 12.9. The summed E-state index contributed by atoms with van der Waals surface area (Å²) in [5, 5.41) is 4.89. The Labute approximate surface area is 332 Å². The summed E-state index contributed by atoms with van der Waals surface area (Å²) in [5.41, 5.74) is 17.4. The van der Waals surface area contributed by atoms with E-state index in [4.69, 9.17) is 4.42 Å². The van der Waals surface area contributed by atoms with Crippen molar-refractivity contribution in [3.63, 3.8) is 0 Å². The topological polar surface area (TPSA) is 16.4 Å². The predicted molar refractivity (Wildman–Crippen MR) is 240 cm³/mol. The summed E-state index contributed by atoms with van der Waals surface area (Å²) in [7, 11) is 0. The molecule has 0 atom stereocenters. The molecule has 11 rings (SSSR count). The second-order valence-corrected chi connectivity index (χ2v) is 15.7. The van der Waals surface area contributed by atoms with Gasteiger partial charge in [-0.15, -0.1) is 0 Å². The van der Waals surface area contributed by atoms with Gasteiger partial charge in [0.25, 0.3) is 0 Å². The van der Waals surface area contributed by atoms with Crippen molar-refractivity contribution in [3.8, 4) is 44.5 Å². The molecule has 0 unspecified atom stereocenters. The van der Waals surface area contributed by atoms with E-state index in [1.807, 2.05) is 12.1 Å². The van der Waals surface area contributed by atoms with Crippen molar-refractivity contribution < 1.29 is 4.42 Å². The van der Waals surface area contributed by atoms with Crippen LogP contribution in [0, 0.1) is 0 Å². The maximum atomic E-state index is 6.44.